The number of rotatable bonds is 2. The fraction of sp³-hybridized carbons (Fsp3) is 0.588. The van der Waals surface area contributed by atoms with Gasteiger partial charge in [0, 0.05) is 25.3 Å². The predicted molar refractivity (Wildman–Crippen MR) is 84.9 cm³/mol. The molecule has 0 radical (unpaired) electrons. The standard InChI is InChI=1S/C17H25N3O/c1-16(2)14(17(16,3)4)13(18)10-6-7-12-11(8-10)9-20(5)15(21)19-12/h6-8,13-14H,9,18H2,1-5H3,(H,19,21). The molecule has 3 N–H and O–H groups in total. The van der Waals surface area contributed by atoms with Gasteiger partial charge in [-0.15, -0.1) is 0 Å². The van der Waals surface area contributed by atoms with Gasteiger partial charge in [-0.2, -0.15) is 0 Å². The third kappa shape index (κ3) is 1.96. The van der Waals surface area contributed by atoms with Crippen molar-refractivity contribution in [2.24, 2.45) is 22.5 Å². The number of hydrogen-bond acceptors (Lipinski definition) is 2. The van der Waals surface area contributed by atoms with E-state index in [-0.39, 0.29) is 22.9 Å². The molecule has 1 aliphatic carbocycles. The summed E-state index contributed by atoms with van der Waals surface area (Å²) in [6.07, 6.45) is 0. The van der Waals surface area contributed by atoms with Crippen molar-refractivity contribution < 1.29 is 4.79 Å². The molecule has 0 spiro atoms. The third-order valence-corrected chi connectivity index (χ3v) is 6.00. The second kappa shape index (κ2) is 4.23. The second-order valence-electron chi connectivity index (χ2n) is 7.65. The van der Waals surface area contributed by atoms with E-state index in [4.69, 9.17) is 5.73 Å². The van der Waals surface area contributed by atoms with Crippen LogP contribution in [0.3, 0.4) is 0 Å². The number of urea groups is 1. The summed E-state index contributed by atoms with van der Waals surface area (Å²) in [5.41, 5.74) is 10.3. The number of anilines is 1. The number of carbonyl (C=O) groups excluding carboxylic acids is 1. The lowest BCUT2D eigenvalue weighted by molar-refractivity contribution is 0.218. The van der Waals surface area contributed by atoms with Crippen LogP contribution in [-0.4, -0.2) is 18.0 Å². The molecule has 1 fully saturated rings. The zero-order valence-corrected chi connectivity index (χ0v) is 13.5. The lowest BCUT2D eigenvalue weighted by Gasteiger charge is -2.27. The molecule has 1 aromatic carbocycles. The molecule has 0 aromatic heterocycles. The number of nitrogens with zero attached hydrogens (tertiary/aromatic N) is 1. The highest BCUT2D eigenvalue weighted by molar-refractivity contribution is 5.92. The Morgan fingerprint density at radius 3 is 2.48 bits per heavy atom. The first kappa shape index (κ1) is 14.4. The molecular weight excluding hydrogens is 262 g/mol. The van der Waals surface area contributed by atoms with Crippen LogP contribution in [0.25, 0.3) is 0 Å². The maximum Gasteiger partial charge on any atom is 0.321 e. The number of benzene rings is 1. The average Bonchev–Trinajstić information content (AvgIpc) is 2.80. The Hall–Kier alpha value is -1.55. The normalized spacial score (nSPS) is 24.3. The van der Waals surface area contributed by atoms with Gasteiger partial charge >= 0.3 is 6.03 Å². The molecule has 2 amide bonds. The van der Waals surface area contributed by atoms with Crippen molar-refractivity contribution >= 4 is 11.7 Å². The van der Waals surface area contributed by atoms with Gasteiger partial charge in [-0.05, 0) is 33.9 Å². The topological polar surface area (TPSA) is 58.4 Å². The highest BCUT2D eigenvalue weighted by Crippen LogP contribution is 2.71. The molecule has 21 heavy (non-hydrogen) atoms. The van der Waals surface area contributed by atoms with Crippen LogP contribution in [0, 0.1) is 16.7 Å². The molecule has 4 nitrogen and oxygen atoms in total. The van der Waals surface area contributed by atoms with Crippen molar-refractivity contribution in [1.29, 1.82) is 0 Å². The van der Waals surface area contributed by atoms with Crippen LogP contribution in [-0.2, 0) is 6.54 Å². The zero-order valence-electron chi connectivity index (χ0n) is 13.5. The van der Waals surface area contributed by atoms with E-state index in [1.807, 2.05) is 6.07 Å². The van der Waals surface area contributed by atoms with E-state index in [1.165, 1.54) is 5.56 Å². The first-order valence-electron chi connectivity index (χ1n) is 7.57. The Bertz CT molecular complexity index is 592. The summed E-state index contributed by atoms with van der Waals surface area (Å²) in [6, 6.07) is 6.19. The summed E-state index contributed by atoms with van der Waals surface area (Å²) in [5, 5.41) is 2.90. The van der Waals surface area contributed by atoms with E-state index < -0.39 is 0 Å². The molecular formula is C17H25N3O. The maximum atomic E-state index is 11.7. The van der Waals surface area contributed by atoms with Gasteiger partial charge in [0.1, 0.15) is 0 Å². The van der Waals surface area contributed by atoms with Gasteiger partial charge in [0.25, 0.3) is 0 Å². The Balaban J connectivity index is 1.89. The average molecular weight is 287 g/mol. The summed E-state index contributed by atoms with van der Waals surface area (Å²) in [4.78, 5) is 13.3. The Kier molecular flexibility index (Phi) is 2.90. The van der Waals surface area contributed by atoms with E-state index in [0.29, 0.717) is 12.5 Å². The Labute approximate surface area is 126 Å². The third-order valence-electron chi connectivity index (χ3n) is 6.00. The van der Waals surface area contributed by atoms with E-state index in [1.54, 1.807) is 11.9 Å². The Morgan fingerprint density at radius 1 is 1.29 bits per heavy atom. The minimum Gasteiger partial charge on any atom is -0.324 e. The van der Waals surface area contributed by atoms with E-state index in [2.05, 4.69) is 45.1 Å². The van der Waals surface area contributed by atoms with Crippen LogP contribution in [0.4, 0.5) is 10.5 Å². The minimum absolute atomic E-state index is 0.0447. The van der Waals surface area contributed by atoms with Crippen LogP contribution in [0.2, 0.25) is 0 Å². The second-order valence-corrected chi connectivity index (χ2v) is 7.65. The highest BCUT2D eigenvalue weighted by Gasteiger charge is 2.66. The smallest absolute Gasteiger partial charge is 0.321 e. The molecule has 1 heterocycles. The molecule has 0 saturated heterocycles. The van der Waals surface area contributed by atoms with Crippen LogP contribution < -0.4 is 11.1 Å². The van der Waals surface area contributed by atoms with E-state index in [0.717, 1.165) is 11.3 Å². The monoisotopic (exact) mass is 287 g/mol. The summed E-state index contributed by atoms with van der Waals surface area (Å²) in [7, 11) is 1.80. The molecule has 1 saturated carbocycles. The van der Waals surface area contributed by atoms with Gasteiger partial charge in [0.05, 0.1) is 0 Å². The SMILES string of the molecule is CN1Cc2cc(C(N)C3C(C)(C)C3(C)C)ccc2NC1=O. The molecule has 1 aliphatic heterocycles. The van der Waals surface area contributed by atoms with Gasteiger partial charge in [-0.1, -0.05) is 39.8 Å². The van der Waals surface area contributed by atoms with Crippen molar-refractivity contribution in [3.8, 4) is 0 Å². The van der Waals surface area contributed by atoms with E-state index in [9.17, 15) is 4.79 Å². The van der Waals surface area contributed by atoms with Crippen LogP contribution in [0.5, 0.6) is 0 Å². The summed E-state index contributed by atoms with van der Waals surface area (Å²) < 4.78 is 0. The lowest BCUT2D eigenvalue weighted by Crippen LogP contribution is -2.35. The summed E-state index contributed by atoms with van der Waals surface area (Å²) in [5.74, 6) is 0.485. The minimum atomic E-state index is -0.0518. The van der Waals surface area contributed by atoms with Crippen LogP contribution >= 0.6 is 0 Å². The molecule has 1 atom stereocenters. The first-order chi connectivity index (χ1) is 9.66. The van der Waals surface area contributed by atoms with Crippen molar-refractivity contribution in [3.63, 3.8) is 0 Å². The largest absolute Gasteiger partial charge is 0.324 e. The van der Waals surface area contributed by atoms with Gasteiger partial charge in [0.15, 0.2) is 0 Å². The van der Waals surface area contributed by atoms with Gasteiger partial charge in [0.2, 0.25) is 0 Å². The molecule has 1 aromatic rings. The zero-order chi connectivity index (χ0) is 15.6. The summed E-state index contributed by atoms with van der Waals surface area (Å²) in [6.45, 7) is 9.82. The molecule has 2 aliphatic rings. The molecule has 4 heteroatoms. The van der Waals surface area contributed by atoms with Crippen molar-refractivity contribution in [1.82, 2.24) is 4.90 Å². The van der Waals surface area contributed by atoms with Gasteiger partial charge in [-0.3, -0.25) is 0 Å². The fourth-order valence-electron chi connectivity index (χ4n) is 3.95. The number of carbonyl (C=O) groups is 1. The highest BCUT2D eigenvalue weighted by atomic mass is 16.2. The van der Waals surface area contributed by atoms with Gasteiger partial charge in [-0.25, -0.2) is 4.79 Å². The fourth-order valence-corrected chi connectivity index (χ4v) is 3.95. The van der Waals surface area contributed by atoms with Crippen molar-refractivity contribution in [2.45, 2.75) is 40.3 Å². The van der Waals surface area contributed by atoms with Crippen molar-refractivity contribution in [2.75, 3.05) is 12.4 Å². The number of nitrogens with one attached hydrogen (secondary N) is 1. The van der Waals surface area contributed by atoms with Crippen LogP contribution in [0.15, 0.2) is 18.2 Å². The number of fused-ring (bicyclic) bond motifs is 1. The number of nitrogens with two attached hydrogens (primary N) is 1. The van der Waals surface area contributed by atoms with E-state index >= 15 is 0 Å². The number of hydrogen-bond donors (Lipinski definition) is 2. The quantitative estimate of drug-likeness (QED) is 0.876. The predicted octanol–water partition coefficient (Wildman–Crippen LogP) is 3.35. The van der Waals surface area contributed by atoms with Crippen LogP contribution in [0.1, 0.15) is 44.9 Å². The number of amides is 2. The maximum absolute atomic E-state index is 11.7. The molecule has 1 unspecified atom stereocenters. The first-order valence-corrected chi connectivity index (χ1v) is 7.57. The van der Waals surface area contributed by atoms with Gasteiger partial charge < -0.3 is 16.0 Å². The summed E-state index contributed by atoms with van der Waals surface area (Å²) >= 11 is 0. The lowest BCUT2D eigenvalue weighted by atomic mass is 9.95. The molecule has 3 rings (SSSR count). The molecule has 114 valence electrons. The van der Waals surface area contributed by atoms with Crippen molar-refractivity contribution in [3.05, 3.63) is 29.3 Å². The molecule has 0 bridgehead atoms. The Morgan fingerprint density at radius 2 is 1.90 bits per heavy atom.